The molecule has 2 nitrogen and oxygen atoms in total. The highest BCUT2D eigenvalue weighted by Gasteiger charge is 2.26. The molecule has 98 valence electrons. The fourth-order valence-electron chi connectivity index (χ4n) is 2.23. The third kappa shape index (κ3) is 2.32. The van der Waals surface area contributed by atoms with Gasteiger partial charge in [0.2, 0.25) is 0 Å². The summed E-state index contributed by atoms with van der Waals surface area (Å²) in [5.74, 6) is 1.20. The van der Waals surface area contributed by atoms with Crippen molar-refractivity contribution >= 4 is 12.2 Å². The van der Waals surface area contributed by atoms with Gasteiger partial charge in [0.1, 0.15) is 16.3 Å². The molecule has 3 rings (SSSR count). The Balaban J connectivity index is 2.23. The van der Waals surface area contributed by atoms with Crippen LogP contribution in [0.15, 0.2) is 18.2 Å². The zero-order valence-corrected chi connectivity index (χ0v) is 11.8. The summed E-state index contributed by atoms with van der Waals surface area (Å²) in [4.78, 5) is 7.79. The van der Waals surface area contributed by atoms with E-state index in [0.717, 1.165) is 41.1 Å². The summed E-state index contributed by atoms with van der Waals surface area (Å²) >= 11 is 5.33. The fourth-order valence-corrected chi connectivity index (χ4v) is 2.43. The van der Waals surface area contributed by atoms with Gasteiger partial charge in [0.05, 0.1) is 5.69 Å². The summed E-state index contributed by atoms with van der Waals surface area (Å²) in [6, 6.07) is 4.82. The van der Waals surface area contributed by atoms with Crippen LogP contribution >= 0.6 is 12.2 Å². The number of aromatic amines is 1. The minimum absolute atomic E-state index is 0.232. The molecule has 0 saturated heterocycles. The molecule has 4 heteroatoms. The van der Waals surface area contributed by atoms with Crippen molar-refractivity contribution in [3.63, 3.8) is 0 Å². The standard InChI is InChI=1S/C15H15FN2S/c1-8-3-6-11(16)7-12(8)13-9(2)15(19)18-14(17-13)10-4-5-10/h3,6-7,10H,4-5H2,1-2H3,(H,17,18,19). The average molecular weight is 274 g/mol. The second kappa shape index (κ2) is 4.53. The van der Waals surface area contributed by atoms with Gasteiger partial charge in [-0.3, -0.25) is 0 Å². The van der Waals surface area contributed by atoms with E-state index in [9.17, 15) is 4.39 Å². The molecule has 0 spiro atoms. The molecule has 0 bridgehead atoms. The van der Waals surface area contributed by atoms with Crippen molar-refractivity contribution in [1.29, 1.82) is 0 Å². The van der Waals surface area contributed by atoms with Gasteiger partial charge < -0.3 is 4.98 Å². The van der Waals surface area contributed by atoms with E-state index in [2.05, 4.69) is 9.97 Å². The van der Waals surface area contributed by atoms with E-state index in [0.29, 0.717) is 10.6 Å². The Hall–Kier alpha value is -1.55. The molecule has 0 unspecified atom stereocenters. The zero-order chi connectivity index (χ0) is 13.6. The maximum absolute atomic E-state index is 13.5. The highest BCUT2D eigenvalue weighted by molar-refractivity contribution is 7.71. The summed E-state index contributed by atoms with van der Waals surface area (Å²) in [5.41, 5.74) is 3.71. The first-order valence-electron chi connectivity index (χ1n) is 6.43. The Kier molecular flexibility index (Phi) is 2.97. The Morgan fingerprint density at radius 3 is 2.74 bits per heavy atom. The number of halogens is 1. The highest BCUT2D eigenvalue weighted by atomic mass is 32.1. The van der Waals surface area contributed by atoms with Crippen molar-refractivity contribution in [2.45, 2.75) is 32.6 Å². The summed E-state index contributed by atoms with van der Waals surface area (Å²) < 4.78 is 14.1. The van der Waals surface area contributed by atoms with Gasteiger partial charge in [-0.15, -0.1) is 0 Å². The van der Waals surface area contributed by atoms with Gasteiger partial charge in [-0.25, -0.2) is 9.37 Å². The van der Waals surface area contributed by atoms with Crippen LogP contribution in [0.1, 0.15) is 35.7 Å². The molecule has 1 aliphatic carbocycles. The van der Waals surface area contributed by atoms with Gasteiger partial charge in [-0.1, -0.05) is 18.3 Å². The molecule has 2 aromatic rings. The Morgan fingerprint density at radius 2 is 2.05 bits per heavy atom. The lowest BCUT2D eigenvalue weighted by Gasteiger charge is -2.12. The van der Waals surface area contributed by atoms with Crippen LogP contribution in [0.5, 0.6) is 0 Å². The van der Waals surface area contributed by atoms with Gasteiger partial charge >= 0.3 is 0 Å². The Labute approximate surface area is 116 Å². The van der Waals surface area contributed by atoms with Crippen molar-refractivity contribution in [1.82, 2.24) is 9.97 Å². The SMILES string of the molecule is Cc1ccc(F)cc1-c1[nH]c(C2CC2)nc(=S)c1C. The van der Waals surface area contributed by atoms with E-state index in [4.69, 9.17) is 12.2 Å². The molecule has 1 fully saturated rings. The predicted molar refractivity (Wildman–Crippen MR) is 76.3 cm³/mol. The normalized spacial score (nSPS) is 14.7. The van der Waals surface area contributed by atoms with E-state index in [1.54, 1.807) is 12.1 Å². The lowest BCUT2D eigenvalue weighted by atomic mass is 10.0. The molecule has 1 aromatic carbocycles. The summed E-state index contributed by atoms with van der Waals surface area (Å²) in [6.07, 6.45) is 2.31. The van der Waals surface area contributed by atoms with E-state index >= 15 is 0 Å². The number of nitrogens with zero attached hydrogens (tertiary/aromatic N) is 1. The maximum Gasteiger partial charge on any atom is 0.133 e. The van der Waals surface area contributed by atoms with Crippen LogP contribution in [-0.2, 0) is 0 Å². The first kappa shape index (κ1) is 12.5. The number of benzene rings is 1. The number of hydrogen-bond acceptors (Lipinski definition) is 2. The summed E-state index contributed by atoms with van der Waals surface area (Å²) in [5, 5.41) is 0. The number of nitrogens with one attached hydrogen (secondary N) is 1. The predicted octanol–water partition coefficient (Wildman–Crippen LogP) is 4.44. The second-order valence-electron chi connectivity index (χ2n) is 5.16. The topological polar surface area (TPSA) is 28.7 Å². The minimum atomic E-state index is -0.232. The largest absolute Gasteiger partial charge is 0.343 e. The number of aryl methyl sites for hydroxylation is 1. The quantitative estimate of drug-likeness (QED) is 0.820. The molecule has 1 aromatic heterocycles. The molecule has 1 N–H and O–H groups in total. The number of hydrogen-bond donors (Lipinski definition) is 1. The van der Waals surface area contributed by atoms with Gasteiger partial charge in [0.25, 0.3) is 0 Å². The molecular weight excluding hydrogens is 259 g/mol. The Bertz CT molecular complexity index is 702. The second-order valence-corrected chi connectivity index (χ2v) is 5.55. The molecule has 19 heavy (non-hydrogen) atoms. The van der Waals surface area contributed by atoms with Gasteiger partial charge in [-0.05, 0) is 44.4 Å². The van der Waals surface area contributed by atoms with Crippen LogP contribution in [0, 0.1) is 24.3 Å². The summed E-state index contributed by atoms with van der Waals surface area (Å²) in [6.45, 7) is 3.91. The van der Waals surface area contributed by atoms with Crippen molar-refractivity contribution in [2.24, 2.45) is 0 Å². The van der Waals surface area contributed by atoms with Crippen LogP contribution in [-0.4, -0.2) is 9.97 Å². The van der Waals surface area contributed by atoms with Crippen LogP contribution in [0.25, 0.3) is 11.3 Å². The molecular formula is C15H15FN2S. The Morgan fingerprint density at radius 1 is 1.32 bits per heavy atom. The van der Waals surface area contributed by atoms with Crippen LogP contribution < -0.4 is 0 Å². The molecule has 0 atom stereocenters. The van der Waals surface area contributed by atoms with Crippen molar-refractivity contribution in [3.05, 3.63) is 45.6 Å². The van der Waals surface area contributed by atoms with E-state index < -0.39 is 0 Å². The van der Waals surface area contributed by atoms with Crippen molar-refractivity contribution < 1.29 is 4.39 Å². The highest BCUT2D eigenvalue weighted by Crippen LogP contribution is 2.39. The van der Waals surface area contributed by atoms with Crippen molar-refractivity contribution in [2.75, 3.05) is 0 Å². The smallest absolute Gasteiger partial charge is 0.133 e. The third-order valence-corrected chi connectivity index (χ3v) is 4.00. The van der Waals surface area contributed by atoms with Gasteiger partial charge in [0, 0.05) is 17.0 Å². The molecule has 1 saturated carbocycles. The van der Waals surface area contributed by atoms with Crippen molar-refractivity contribution in [3.8, 4) is 11.3 Å². The van der Waals surface area contributed by atoms with E-state index in [-0.39, 0.29) is 5.82 Å². The fraction of sp³-hybridized carbons (Fsp3) is 0.333. The number of rotatable bonds is 2. The molecule has 1 aliphatic rings. The third-order valence-electron chi connectivity index (χ3n) is 3.60. The lowest BCUT2D eigenvalue weighted by molar-refractivity contribution is 0.628. The maximum atomic E-state index is 13.5. The van der Waals surface area contributed by atoms with Crippen LogP contribution in [0.4, 0.5) is 4.39 Å². The number of H-pyrrole nitrogens is 1. The van der Waals surface area contributed by atoms with Gasteiger partial charge in [0.15, 0.2) is 0 Å². The van der Waals surface area contributed by atoms with E-state index in [1.807, 2.05) is 13.8 Å². The minimum Gasteiger partial charge on any atom is -0.343 e. The average Bonchev–Trinajstić information content (AvgIpc) is 3.20. The van der Waals surface area contributed by atoms with Crippen LogP contribution in [0.2, 0.25) is 0 Å². The summed E-state index contributed by atoms with van der Waals surface area (Å²) in [7, 11) is 0. The van der Waals surface area contributed by atoms with Crippen LogP contribution in [0.3, 0.4) is 0 Å². The molecule has 0 amide bonds. The first-order chi connectivity index (χ1) is 9.06. The lowest BCUT2D eigenvalue weighted by Crippen LogP contribution is -2.00. The monoisotopic (exact) mass is 274 g/mol. The zero-order valence-electron chi connectivity index (χ0n) is 11.0. The van der Waals surface area contributed by atoms with E-state index in [1.165, 1.54) is 6.07 Å². The molecule has 1 heterocycles. The molecule has 0 radical (unpaired) electrons. The first-order valence-corrected chi connectivity index (χ1v) is 6.84. The number of aromatic nitrogens is 2. The molecule has 0 aliphatic heterocycles. The van der Waals surface area contributed by atoms with Gasteiger partial charge in [-0.2, -0.15) is 0 Å².